The van der Waals surface area contributed by atoms with Crippen LogP contribution in [0.5, 0.6) is 0 Å². The van der Waals surface area contributed by atoms with Crippen LogP contribution in [0.15, 0.2) is 58.6 Å². The van der Waals surface area contributed by atoms with E-state index in [1.807, 2.05) is 12.3 Å². The molecular formula is C23H21N7O2. The van der Waals surface area contributed by atoms with E-state index >= 15 is 0 Å². The van der Waals surface area contributed by atoms with Gasteiger partial charge in [-0.15, -0.1) is 0 Å². The van der Waals surface area contributed by atoms with Crippen molar-refractivity contribution in [3.63, 3.8) is 0 Å². The molecule has 1 fully saturated rings. The van der Waals surface area contributed by atoms with E-state index in [4.69, 9.17) is 0 Å². The Labute approximate surface area is 181 Å². The molecule has 9 nitrogen and oxygen atoms in total. The van der Waals surface area contributed by atoms with Gasteiger partial charge in [0.1, 0.15) is 0 Å². The van der Waals surface area contributed by atoms with Crippen LogP contribution in [0.2, 0.25) is 0 Å². The molecule has 160 valence electrons. The molecule has 1 saturated carbocycles. The van der Waals surface area contributed by atoms with Crippen molar-refractivity contribution in [2.75, 3.05) is 0 Å². The third-order valence-electron chi connectivity index (χ3n) is 6.21. The maximum atomic E-state index is 12.3. The van der Waals surface area contributed by atoms with Gasteiger partial charge >= 0.3 is 5.69 Å². The molecule has 0 spiro atoms. The zero-order valence-electron chi connectivity index (χ0n) is 17.6. The van der Waals surface area contributed by atoms with Gasteiger partial charge in [-0.2, -0.15) is 10.2 Å². The number of benzene rings is 1. The van der Waals surface area contributed by atoms with E-state index in [2.05, 4.69) is 61.9 Å². The van der Waals surface area contributed by atoms with Crippen LogP contribution in [0, 0.1) is 0 Å². The second kappa shape index (κ2) is 6.74. The number of rotatable bonds is 4. The zero-order chi connectivity index (χ0) is 22.0. The van der Waals surface area contributed by atoms with Gasteiger partial charge in [0.15, 0.2) is 5.65 Å². The largest absolute Gasteiger partial charge is 0.325 e. The van der Waals surface area contributed by atoms with Crippen LogP contribution in [-0.2, 0) is 0 Å². The van der Waals surface area contributed by atoms with Gasteiger partial charge in [-0.3, -0.25) is 14.5 Å². The van der Waals surface area contributed by atoms with Gasteiger partial charge in [0.2, 0.25) is 0 Å². The number of hydrogen-bond acceptors (Lipinski definition) is 5. The monoisotopic (exact) mass is 427 g/mol. The van der Waals surface area contributed by atoms with Gasteiger partial charge in [0.05, 0.1) is 23.0 Å². The molecule has 0 bridgehead atoms. The molecule has 32 heavy (non-hydrogen) atoms. The first-order chi connectivity index (χ1) is 15.5. The van der Waals surface area contributed by atoms with Gasteiger partial charge in [0.25, 0.3) is 5.56 Å². The summed E-state index contributed by atoms with van der Waals surface area (Å²) in [6.45, 7) is 4.26. The third kappa shape index (κ3) is 2.89. The van der Waals surface area contributed by atoms with Crippen molar-refractivity contribution in [3.8, 4) is 11.3 Å². The van der Waals surface area contributed by atoms with Gasteiger partial charge in [-0.05, 0) is 49.8 Å². The summed E-state index contributed by atoms with van der Waals surface area (Å²) >= 11 is 0. The molecular weight excluding hydrogens is 406 g/mol. The molecule has 9 heteroatoms. The molecule has 0 radical (unpaired) electrons. The lowest BCUT2D eigenvalue weighted by molar-refractivity contribution is 0.550. The molecule has 0 amide bonds. The smallest absolute Gasteiger partial charge is 0.313 e. The molecule has 2 atom stereocenters. The summed E-state index contributed by atoms with van der Waals surface area (Å²) in [6.07, 6.45) is 7.79. The van der Waals surface area contributed by atoms with Crippen molar-refractivity contribution in [3.05, 3.63) is 81.0 Å². The molecule has 1 aliphatic rings. The Balaban J connectivity index is 1.42. The summed E-state index contributed by atoms with van der Waals surface area (Å²) in [5.41, 5.74) is 4.07. The average molecular weight is 427 g/mol. The quantitative estimate of drug-likeness (QED) is 0.458. The predicted molar refractivity (Wildman–Crippen MR) is 120 cm³/mol. The molecule has 2 N–H and O–H groups in total. The van der Waals surface area contributed by atoms with Crippen LogP contribution in [-0.4, -0.2) is 34.3 Å². The van der Waals surface area contributed by atoms with Crippen molar-refractivity contribution in [1.29, 1.82) is 0 Å². The summed E-state index contributed by atoms with van der Waals surface area (Å²) in [4.78, 5) is 33.0. The van der Waals surface area contributed by atoms with E-state index < -0.39 is 11.2 Å². The SMILES string of the molecule is CC(C)n1ncc2ccc(C3C[C@H]3c3cc(-c4c[nH]c(=O)[nH]c4=O)nn4ccnc34)cc21. The van der Waals surface area contributed by atoms with E-state index in [9.17, 15) is 9.59 Å². The van der Waals surface area contributed by atoms with Crippen LogP contribution in [0.3, 0.4) is 0 Å². The van der Waals surface area contributed by atoms with Crippen LogP contribution in [0.25, 0.3) is 27.8 Å². The fourth-order valence-corrected chi connectivity index (χ4v) is 4.55. The van der Waals surface area contributed by atoms with Crippen molar-refractivity contribution in [2.24, 2.45) is 0 Å². The number of H-pyrrole nitrogens is 2. The van der Waals surface area contributed by atoms with Crippen molar-refractivity contribution in [1.82, 2.24) is 34.3 Å². The minimum absolute atomic E-state index is 0.274. The molecule has 4 heterocycles. The van der Waals surface area contributed by atoms with Gasteiger partial charge in [-0.1, -0.05) is 12.1 Å². The first kappa shape index (κ1) is 18.7. The van der Waals surface area contributed by atoms with Gasteiger partial charge < -0.3 is 4.98 Å². The number of nitrogens with one attached hydrogen (secondary N) is 2. The van der Waals surface area contributed by atoms with Crippen molar-refractivity contribution >= 4 is 16.6 Å². The average Bonchev–Trinajstić information content (AvgIpc) is 3.21. The van der Waals surface area contributed by atoms with Gasteiger partial charge in [-0.25, -0.2) is 14.3 Å². The summed E-state index contributed by atoms with van der Waals surface area (Å²) in [7, 11) is 0. The molecule has 1 aromatic carbocycles. The van der Waals surface area contributed by atoms with Crippen molar-refractivity contribution in [2.45, 2.75) is 38.1 Å². The highest BCUT2D eigenvalue weighted by atomic mass is 16.2. The normalized spacial score (nSPS) is 18.1. The van der Waals surface area contributed by atoms with E-state index in [-0.39, 0.29) is 5.92 Å². The second-order valence-electron chi connectivity index (χ2n) is 8.62. The minimum Gasteiger partial charge on any atom is -0.313 e. The highest BCUT2D eigenvalue weighted by Gasteiger charge is 2.41. The highest BCUT2D eigenvalue weighted by molar-refractivity contribution is 5.80. The maximum Gasteiger partial charge on any atom is 0.325 e. The minimum atomic E-state index is -0.541. The van der Waals surface area contributed by atoms with Crippen LogP contribution < -0.4 is 11.2 Å². The van der Waals surface area contributed by atoms with Crippen LogP contribution in [0.4, 0.5) is 0 Å². The lowest BCUT2D eigenvalue weighted by atomic mass is 10.0. The van der Waals surface area contributed by atoms with E-state index in [0.717, 1.165) is 28.5 Å². The molecule has 0 aliphatic heterocycles. The molecule has 6 rings (SSSR count). The van der Waals surface area contributed by atoms with Crippen LogP contribution in [0.1, 0.15) is 49.3 Å². The summed E-state index contributed by atoms with van der Waals surface area (Å²) < 4.78 is 3.75. The Bertz CT molecular complexity index is 1600. The second-order valence-corrected chi connectivity index (χ2v) is 8.62. The first-order valence-electron chi connectivity index (χ1n) is 10.6. The molecule has 4 aromatic heterocycles. The fraction of sp³-hybridized carbons (Fsp3) is 0.261. The number of imidazole rings is 1. The topological polar surface area (TPSA) is 114 Å². The number of aromatic nitrogens is 7. The fourth-order valence-electron chi connectivity index (χ4n) is 4.55. The number of nitrogens with zero attached hydrogens (tertiary/aromatic N) is 5. The summed E-state index contributed by atoms with van der Waals surface area (Å²) in [5.74, 6) is 0.635. The molecule has 1 unspecified atom stereocenters. The lowest BCUT2D eigenvalue weighted by Crippen LogP contribution is -2.23. The Kier molecular flexibility index (Phi) is 3.95. The Hall–Kier alpha value is -4.01. The van der Waals surface area contributed by atoms with E-state index in [0.29, 0.717) is 23.2 Å². The number of hydrogen-bond donors (Lipinski definition) is 2. The molecule has 0 saturated heterocycles. The highest BCUT2D eigenvalue weighted by Crippen LogP contribution is 2.56. The van der Waals surface area contributed by atoms with E-state index in [1.165, 1.54) is 11.8 Å². The maximum absolute atomic E-state index is 12.3. The zero-order valence-corrected chi connectivity index (χ0v) is 17.6. The Morgan fingerprint density at radius 2 is 2.03 bits per heavy atom. The summed E-state index contributed by atoms with van der Waals surface area (Å²) in [5, 5.41) is 10.2. The van der Waals surface area contributed by atoms with Crippen LogP contribution >= 0.6 is 0 Å². The Morgan fingerprint density at radius 1 is 1.16 bits per heavy atom. The lowest BCUT2D eigenvalue weighted by Gasteiger charge is -2.09. The first-order valence-corrected chi connectivity index (χ1v) is 10.6. The third-order valence-corrected chi connectivity index (χ3v) is 6.21. The van der Waals surface area contributed by atoms with E-state index in [1.54, 1.807) is 16.9 Å². The number of fused-ring (bicyclic) bond motifs is 2. The number of aromatic amines is 2. The summed E-state index contributed by atoms with van der Waals surface area (Å²) in [6, 6.07) is 8.77. The van der Waals surface area contributed by atoms with Crippen molar-refractivity contribution < 1.29 is 0 Å². The molecule has 1 aliphatic carbocycles. The Morgan fingerprint density at radius 3 is 2.84 bits per heavy atom. The molecule has 5 aromatic rings. The standard InChI is InChI=1S/C23H21N7O2/c1-12(2)30-20-7-13(3-4-14(20)10-26-30)15-8-16(15)17-9-19(28-29-6-5-24-21(17)29)18-11-25-23(32)27-22(18)31/h3-7,9-12,15-16H,8H2,1-2H3,(H2,25,27,31,32)/t15?,16-/m1/s1. The predicted octanol–water partition coefficient (Wildman–Crippen LogP) is 2.97. The van der Waals surface area contributed by atoms with Gasteiger partial charge in [0, 0.05) is 35.6 Å².